The lowest BCUT2D eigenvalue weighted by Gasteiger charge is -2.04. The van der Waals surface area contributed by atoms with Gasteiger partial charge in [0.05, 0.1) is 27.6 Å². The third-order valence-corrected chi connectivity index (χ3v) is 5.27. The van der Waals surface area contributed by atoms with E-state index in [-0.39, 0.29) is 5.69 Å². The minimum atomic E-state index is -0.239. The number of fused-ring (bicyclic) bond motifs is 12. The van der Waals surface area contributed by atoms with E-state index in [1.807, 2.05) is 43.3 Å². The van der Waals surface area contributed by atoms with Gasteiger partial charge in [0.15, 0.2) is 5.58 Å². The third-order valence-electron chi connectivity index (χ3n) is 5.27. The van der Waals surface area contributed by atoms with Crippen LogP contribution in [-0.2, 0) is 0 Å². The summed E-state index contributed by atoms with van der Waals surface area (Å²) in [6.07, 6.45) is 1.78. The Kier molecular flexibility index (Phi) is 2.87. The molecule has 28 heavy (non-hydrogen) atoms. The SMILES string of the molecule is Cc1noc2c3cccc(c3)c3ncccc3c3cc(cc4[nH]c(=O)[nH]c43)c12. The summed E-state index contributed by atoms with van der Waals surface area (Å²) in [5.74, 6) is 0. The van der Waals surface area contributed by atoms with E-state index < -0.39 is 0 Å². The number of aromatic nitrogens is 4. The molecule has 0 unspecified atom stereocenters. The molecule has 6 rings (SSSR count). The van der Waals surface area contributed by atoms with Crippen LogP contribution in [0.3, 0.4) is 0 Å². The summed E-state index contributed by atoms with van der Waals surface area (Å²) in [5.41, 5.74) is 3.62. The molecule has 134 valence electrons. The minimum absolute atomic E-state index is 0.239. The molecule has 0 fully saturated rings. The fourth-order valence-corrected chi connectivity index (χ4v) is 4.07. The monoisotopic (exact) mass is 366 g/mol. The van der Waals surface area contributed by atoms with Crippen molar-refractivity contribution in [1.29, 1.82) is 0 Å². The summed E-state index contributed by atoms with van der Waals surface area (Å²) in [6, 6.07) is 16.1. The van der Waals surface area contributed by atoms with Crippen LogP contribution in [0.4, 0.5) is 0 Å². The van der Waals surface area contributed by atoms with Gasteiger partial charge in [0, 0.05) is 27.7 Å². The van der Waals surface area contributed by atoms with Crippen molar-refractivity contribution in [2.24, 2.45) is 0 Å². The highest BCUT2D eigenvalue weighted by molar-refractivity contribution is 6.17. The van der Waals surface area contributed by atoms with Gasteiger partial charge in [-0.3, -0.25) is 4.98 Å². The highest BCUT2D eigenvalue weighted by Crippen LogP contribution is 2.33. The minimum Gasteiger partial charge on any atom is -0.355 e. The number of nitrogens with zero attached hydrogens (tertiary/aromatic N) is 2. The fraction of sp³-hybridized carbons (Fsp3) is 0.0455. The van der Waals surface area contributed by atoms with Gasteiger partial charge in [-0.1, -0.05) is 29.4 Å². The quantitative estimate of drug-likeness (QED) is 0.407. The summed E-state index contributed by atoms with van der Waals surface area (Å²) in [5, 5.41) is 9.86. The summed E-state index contributed by atoms with van der Waals surface area (Å²) < 4.78 is 5.71. The van der Waals surface area contributed by atoms with Crippen molar-refractivity contribution in [3.63, 3.8) is 0 Å². The molecule has 3 aromatic carbocycles. The molecule has 0 radical (unpaired) electrons. The van der Waals surface area contributed by atoms with Crippen molar-refractivity contribution >= 4 is 54.5 Å². The zero-order valence-electron chi connectivity index (χ0n) is 14.9. The molecule has 0 saturated carbocycles. The van der Waals surface area contributed by atoms with E-state index in [2.05, 4.69) is 32.2 Å². The molecule has 4 bridgehead atoms. The van der Waals surface area contributed by atoms with Crippen molar-refractivity contribution < 1.29 is 4.52 Å². The second kappa shape index (κ2) is 5.29. The maximum absolute atomic E-state index is 12.1. The van der Waals surface area contributed by atoms with Crippen LogP contribution in [0.15, 0.2) is 64.0 Å². The molecule has 0 amide bonds. The van der Waals surface area contributed by atoms with E-state index >= 15 is 0 Å². The van der Waals surface area contributed by atoms with Crippen LogP contribution < -0.4 is 5.69 Å². The molecule has 0 aliphatic heterocycles. The average molecular weight is 366 g/mol. The molecule has 6 aromatic rings. The smallest absolute Gasteiger partial charge is 0.323 e. The Morgan fingerprint density at radius 2 is 1.82 bits per heavy atom. The molecule has 0 saturated heterocycles. The maximum Gasteiger partial charge on any atom is 0.323 e. The standard InChI is InChI=1S/C22H14N4O2/c1-11-18-14-9-16(20-17(10-14)24-22(27)25-20)15-6-3-7-23-19(15)12-4-2-5-13(8-12)21(18)28-26-11/h2-10H,1H3,(H2,24,25,27). The van der Waals surface area contributed by atoms with E-state index in [0.29, 0.717) is 5.58 Å². The Hall–Kier alpha value is -3.93. The number of benzene rings is 2. The van der Waals surface area contributed by atoms with Crippen molar-refractivity contribution in [3.8, 4) is 0 Å². The molecular weight excluding hydrogens is 352 g/mol. The lowest BCUT2D eigenvalue weighted by atomic mass is 10.0. The van der Waals surface area contributed by atoms with Gasteiger partial charge in [-0.05, 0) is 36.6 Å². The Morgan fingerprint density at radius 1 is 0.929 bits per heavy atom. The first-order valence-corrected chi connectivity index (χ1v) is 8.98. The van der Waals surface area contributed by atoms with Crippen LogP contribution in [0.2, 0.25) is 0 Å². The number of rotatable bonds is 0. The second-order valence-electron chi connectivity index (χ2n) is 6.98. The summed E-state index contributed by atoms with van der Waals surface area (Å²) in [7, 11) is 0. The second-order valence-corrected chi connectivity index (χ2v) is 6.98. The van der Waals surface area contributed by atoms with E-state index in [0.717, 1.165) is 54.6 Å². The molecule has 2 N–H and O–H groups in total. The van der Waals surface area contributed by atoms with Crippen molar-refractivity contribution in [3.05, 3.63) is 70.9 Å². The predicted octanol–water partition coefficient (Wildman–Crippen LogP) is 4.72. The van der Waals surface area contributed by atoms with Gasteiger partial charge in [0.25, 0.3) is 0 Å². The topological polar surface area (TPSA) is 87.6 Å². The number of H-pyrrole nitrogens is 2. The summed E-state index contributed by atoms with van der Waals surface area (Å²) in [6.45, 7) is 1.93. The zero-order chi connectivity index (χ0) is 18.8. The van der Waals surface area contributed by atoms with Gasteiger partial charge in [-0.2, -0.15) is 0 Å². The molecule has 6 heteroatoms. The largest absolute Gasteiger partial charge is 0.355 e. The number of hydrogen-bond donors (Lipinski definition) is 2. The number of imidazole rings is 1. The normalized spacial score (nSPS) is 11.9. The molecule has 0 aliphatic rings. The highest BCUT2D eigenvalue weighted by Gasteiger charge is 2.12. The lowest BCUT2D eigenvalue weighted by Crippen LogP contribution is -1.99. The van der Waals surface area contributed by atoms with Crippen LogP contribution in [0.25, 0.3) is 54.5 Å². The molecule has 0 aliphatic carbocycles. The van der Waals surface area contributed by atoms with Crippen LogP contribution in [0.1, 0.15) is 5.69 Å². The average Bonchev–Trinajstić information content (AvgIpc) is 3.28. The van der Waals surface area contributed by atoms with Crippen LogP contribution in [-0.4, -0.2) is 20.1 Å². The lowest BCUT2D eigenvalue weighted by molar-refractivity contribution is 0.452. The Labute approximate surface area is 157 Å². The van der Waals surface area contributed by atoms with Crippen molar-refractivity contribution in [1.82, 2.24) is 20.1 Å². The Balaban J connectivity index is 2.10. The number of aromatic amines is 2. The fourth-order valence-electron chi connectivity index (χ4n) is 4.07. The van der Waals surface area contributed by atoms with Gasteiger partial charge in [-0.25, -0.2) is 4.79 Å². The van der Waals surface area contributed by atoms with Gasteiger partial charge >= 0.3 is 5.69 Å². The predicted molar refractivity (Wildman–Crippen MR) is 110 cm³/mol. The molecular formula is C22H14N4O2. The maximum atomic E-state index is 12.1. The Bertz CT molecular complexity index is 1650. The van der Waals surface area contributed by atoms with E-state index in [1.54, 1.807) is 6.20 Å². The number of nitrogens with one attached hydrogen (secondary N) is 2. The van der Waals surface area contributed by atoms with Gasteiger partial charge in [0.2, 0.25) is 0 Å². The van der Waals surface area contributed by atoms with Gasteiger partial charge < -0.3 is 14.5 Å². The third kappa shape index (κ3) is 2.00. The molecule has 0 atom stereocenters. The van der Waals surface area contributed by atoms with Gasteiger partial charge in [-0.15, -0.1) is 0 Å². The van der Waals surface area contributed by atoms with E-state index in [4.69, 9.17) is 4.52 Å². The first kappa shape index (κ1) is 15.2. The first-order valence-electron chi connectivity index (χ1n) is 8.98. The summed E-state index contributed by atoms with van der Waals surface area (Å²) >= 11 is 0. The van der Waals surface area contributed by atoms with Crippen LogP contribution in [0.5, 0.6) is 0 Å². The first-order chi connectivity index (χ1) is 13.7. The van der Waals surface area contributed by atoms with Gasteiger partial charge in [0.1, 0.15) is 0 Å². The molecule has 3 heterocycles. The van der Waals surface area contributed by atoms with E-state index in [9.17, 15) is 4.79 Å². The number of pyridine rings is 1. The van der Waals surface area contributed by atoms with E-state index in [1.165, 1.54) is 0 Å². The Morgan fingerprint density at radius 3 is 2.75 bits per heavy atom. The molecule has 3 aromatic heterocycles. The number of hydrogen-bond acceptors (Lipinski definition) is 4. The summed E-state index contributed by atoms with van der Waals surface area (Å²) in [4.78, 5) is 22.5. The van der Waals surface area contributed by atoms with Crippen molar-refractivity contribution in [2.45, 2.75) is 6.92 Å². The van der Waals surface area contributed by atoms with Crippen molar-refractivity contribution in [2.75, 3.05) is 0 Å². The van der Waals surface area contributed by atoms with Crippen LogP contribution in [0, 0.1) is 6.92 Å². The molecule has 6 nitrogen and oxygen atoms in total. The molecule has 0 spiro atoms. The highest BCUT2D eigenvalue weighted by atomic mass is 16.5. The van der Waals surface area contributed by atoms with Crippen LogP contribution >= 0.6 is 0 Å². The zero-order valence-corrected chi connectivity index (χ0v) is 14.9. The number of aryl methyl sites for hydroxylation is 1.